The molecule has 1 fully saturated rings. The van der Waals surface area contributed by atoms with Crippen LogP contribution in [0.1, 0.15) is 19.3 Å². The number of aromatic amines is 1. The largest absolute Gasteiger partial charge is 0.481 e. The van der Waals surface area contributed by atoms with E-state index in [-0.39, 0.29) is 12.1 Å². The molecule has 0 saturated heterocycles. The summed E-state index contributed by atoms with van der Waals surface area (Å²) in [5.41, 5.74) is -0.574. The molecule has 0 amide bonds. The molecular weight excluding hydrogens is 262 g/mol. The first-order chi connectivity index (χ1) is 9.61. The zero-order valence-corrected chi connectivity index (χ0v) is 10.6. The first-order valence-electron chi connectivity index (χ1n) is 6.30. The third-order valence-corrected chi connectivity index (χ3v) is 3.76. The van der Waals surface area contributed by atoms with Gasteiger partial charge in [-0.2, -0.15) is 0 Å². The average Bonchev–Trinajstić information content (AvgIpc) is 2.81. The van der Waals surface area contributed by atoms with Crippen LogP contribution in [0.25, 0.3) is 11.5 Å². The van der Waals surface area contributed by atoms with Crippen LogP contribution in [0.15, 0.2) is 23.0 Å². The lowest BCUT2D eigenvalue weighted by Gasteiger charge is -2.37. The minimum Gasteiger partial charge on any atom is -0.481 e. The van der Waals surface area contributed by atoms with Crippen LogP contribution >= 0.6 is 0 Å². The zero-order chi connectivity index (χ0) is 14.2. The second kappa shape index (κ2) is 4.55. The van der Waals surface area contributed by atoms with Crippen LogP contribution in [-0.4, -0.2) is 36.3 Å². The third kappa shape index (κ3) is 1.98. The van der Waals surface area contributed by atoms with Gasteiger partial charge in [0.25, 0.3) is 0 Å². The van der Waals surface area contributed by atoms with Gasteiger partial charge in [-0.15, -0.1) is 5.10 Å². The van der Waals surface area contributed by atoms with Crippen molar-refractivity contribution < 1.29 is 9.90 Å². The molecule has 0 spiro atoms. The smallest absolute Gasteiger partial charge is 0.311 e. The van der Waals surface area contributed by atoms with Gasteiger partial charge in [0, 0.05) is 6.07 Å². The van der Waals surface area contributed by atoms with Gasteiger partial charge in [0.05, 0.1) is 17.7 Å². The number of carboxylic acid groups (broad SMARTS) is 1. The minimum absolute atomic E-state index is 0.210. The van der Waals surface area contributed by atoms with Crippen molar-refractivity contribution in [1.82, 2.24) is 25.2 Å². The van der Waals surface area contributed by atoms with Gasteiger partial charge in [0.2, 0.25) is 5.56 Å². The fourth-order valence-corrected chi connectivity index (χ4v) is 2.41. The van der Waals surface area contributed by atoms with Gasteiger partial charge in [0.15, 0.2) is 5.82 Å². The van der Waals surface area contributed by atoms with E-state index in [0.29, 0.717) is 24.4 Å². The first-order valence-corrected chi connectivity index (χ1v) is 6.30. The highest BCUT2D eigenvalue weighted by Gasteiger charge is 2.45. The molecule has 1 aliphatic rings. The molecule has 104 valence electrons. The van der Waals surface area contributed by atoms with Gasteiger partial charge in [-0.25, -0.2) is 4.68 Å². The van der Waals surface area contributed by atoms with E-state index in [1.54, 1.807) is 12.1 Å². The van der Waals surface area contributed by atoms with Crippen molar-refractivity contribution in [2.45, 2.75) is 25.8 Å². The van der Waals surface area contributed by atoms with Crippen molar-refractivity contribution in [3.8, 4) is 11.5 Å². The second-order valence-corrected chi connectivity index (χ2v) is 5.03. The topological polar surface area (TPSA) is 114 Å². The molecule has 1 aliphatic carbocycles. The lowest BCUT2D eigenvalue weighted by Crippen LogP contribution is -2.42. The molecule has 2 aromatic heterocycles. The molecule has 0 aliphatic heterocycles. The Kier molecular flexibility index (Phi) is 2.85. The Morgan fingerprint density at radius 3 is 2.85 bits per heavy atom. The SMILES string of the molecule is O=C(O)C1(Cn2nnnc2-c2cccc(=O)[nH]2)CCC1. The molecule has 0 unspecified atom stereocenters. The molecular formula is C12H13N5O3. The predicted octanol–water partition coefficient (Wildman–Crippen LogP) is 0.283. The third-order valence-electron chi connectivity index (χ3n) is 3.76. The summed E-state index contributed by atoms with van der Waals surface area (Å²) in [6.07, 6.45) is 2.13. The van der Waals surface area contributed by atoms with Crippen molar-refractivity contribution in [2.24, 2.45) is 5.41 Å². The molecule has 0 aromatic carbocycles. The number of aromatic nitrogens is 5. The van der Waals surface area contributed by atoms with Crippen molar-refractivity contribution in [3.05, 3.63) is 28.6 Å². The fraction of sp³-hybridized carbons (Fsp3) is 0.417. The summed E-state index contributed by atoms with van der Waals surface area (Å²) < 4.78 is 1.44. The van der Waals surface area contributed by atoms with Gasteiger partial charge >= 0.3 is 5.97 Å². The van der Waals surface area contributed by atoms with Crippen LogP contribution in [0.3, 0.4) is 0 Å². The number of nitrogens with zero attached hydrogens (tertiary/aromatic N) is 4. The van der Waals surface area contributed by atoms with Crippen LogP contribution in [0.2, 0.25) is 0 Å². The summed E-state index contributed by atoms with van der Waals surface area (Å²) in [6.45, 7) is 0.210. The molecule has 20 heavy (non-hydrogen) atoms. The van der Waals surface area contributed by atoms with E-state index in [2.05, 4.69) is 20.5 Å². The van der Waals surface area contributed by atoms with E-state index < -0.39 is 11.4 Å². The Balaban J connectivity index is 1.95. The molecule has 1 saturated carbocycles. The molecule has 2 aromatic rings. The molecule has 3 rings (SSSR count). The summed E-state index contributed by atoms with van der Waals surface area (Å²) in [5, 5.41) is 20.6. The van der Waals surface area contributed by atoms with Gasteiger partial charge in [-0.3, -0.25) is 9.59 Å². The minimum atomic E-state index is -0.827. The van der Waals surface area contributed by atoms with E-state index in [4.69, 9.17) is 0 Å². The van der Waals surface area contributed by atoms with Crippen molar-refractivity contribution in [2.75, 3.05) is 0 Å². The van der Waals surface area contributed by atoms with Crippen molar-refractivity contribution in [1.29, 1.82) is 0 Å². The number of tetrazole rings is 1. The quantitative estimate of drug-likeness (QED) is 0.828. The predicted molar refractivity (Wildman–Crippen MR) is 67.8 cm³/mol. The highest BCUT2D eigenvalue weighted by molar-refractivity contribution is 5.75. The maximum atomic E-state index is 11.4. The maximum absolute atomic E-state index is 11.4. The van der Waals surface area contributed by atoms with E-state index in [9.17, 15) is 14.7 Å². The summed E-state index contributed by atoms with van der Waals surface area (Å²) in [4.78, 5) is 25.4. The molecule has 2 heterocycles. The summed E-state index contributed by atoms with van der Waals surface area (Å²) >= 11 is 0. The van der Waals surface area contributed by atoms with E-state index in [0.717, 1.165) is 6.42 Å². The Morgan fingerprint density at radius 1 is 1.45 bits per heavy atom. The first kappa shape index (κ1) is 12.5. The Bertz CT molecular complexity index is 701. The second-order valence-electron chi connectivity index (χ2n) is 5.03. The van der Waals surface area contributed by atoms with E-state index >= 15 is 0 Å². The standard InChI is InChI=1S/C12H13N5O3/c18-9-4-1-3-8(13-9)10-14-15-16-17(10)7-12(11(19)20)5-2-6-12/h1,3-4H,2,5-7H2,(H,13,18)(H,19,20). The number of carbonyl (C=O) groups is 1. The van der Waals surface area contributed by atoms with Crippen LogP contribution in [-0.2, 0) is 11.3 Å². The number of hydrogen-bond acceptors (Lipinski definition) is 5. The van der Waals surface area contributed by atoms with Gasteiger partial charge in [-0.1, -0.05) is 12.5 Å². The fourth-order valence-electron chi connectivity index (χ4n) is 2.41. The highest BCUT2D eigenvalue weighted by atomic mass is 16.4. The molecule has 0 atom stereocenters. The monoisotopic (exact) mass is 275 g/mol. The number of nitrogens with one attached hydrogen (secondary N) is 1. The van der Waals surface area contributed by atoms with Crippen molar-refractivity contribution >= 4 is 5.97 Å². The average molecular weight is 275 g/mol. The van der Waals surface area contributed by atoms with Gasteiger partial charge < -0.3 is 10.1 Å². The maximum Gasteiger partial charge on any atom is 0.311 e. The highest BCUT2D eigenvalue weighted by Crippen LogP contribution is 2.42. The van der Waals surface area contributed by atoms with Crippen molar-refractivity contribution in [3.63, 3.8) is 0 Å². The van der Waals surface area contributed by atoms with Crippen LogP contribution in [0, 0.1) is 5.41 Å². The van der Waals surface area contributed by atoms with Gasteiger partial charge in [-0.05, 0) is 29.3 Å². The summed E-state index contributed by atoms with van der Waals surface area (Å²) in [6, 6.07) is 4.67. The zero-order valence-electron chi connectivity index (χ0n) is 10.6. The molecule has 2 N–H and O–H groups in total. The normalized spacial score (nSPS) is 16.6. The molecule has 8 nitrogen and oxygen atoms in total. The number of rotatable bonds is 4. The molecule has 0 bridgehead atoms. The Hall–Kier alpha value is -2.51. The summed E-state index contributed by atoms with van der Waals surface area (Å²) in [7, 11) is 0. The number of hydrogen-bond donors (Lipinski definition) is 2. The lowest BCUT2D eigenvalue weighted by molar-refractivity contribution is -0.156. The number of aliphatic carboxylic acids is 1. The lowest BCUT2D eigenvalue weighted by atomic mass is 9.69. The Morgan fingerprint density at radius 2 is 2.25 bits per heavy atom. The number of H-pyrrole nitrogens is 1. The molecule has 0 radical (unpaired) electrons. The summed E-state index contributed by atoms with van der Waals surface area (Å²) in [5.74, 6) is -0.456. The van der Waals surface area contributed by atoms with Crippen LogP contribution in [0.5, 0.6) is 0 Å². The number of pyridine rings is 1. The Labute approximate surface area is 113 Å². The van der Waals surface area contributed by atoms with Gasteiger partial charge in [0.1, 0.15) is 0 Å². The van der Waals surface area contributed by atoms with E-state index in [1.165, 1.54) is 10.7 Å². The van der Waals surface area contributed by atoms with Crippen LogP contribution in [0.4, 0.5) is 0 Å². The molecule has 8 heteroatoms. The van der Waals surface area contributed by atoms with Crippen LogP contribution < -0.4 is 5.56 Å². The van der Waals surface area contributed by atoms with E-state index in [1.807, 2.05) is 0 Å². The number of carboxylic acids is 1.